The molecule has 2 aliphatic rings. The van der Waals surface area contributed by atoms with Gasteiger partial charge in [-0.25, -0.2) is 0 Å². The molecule has 0 unspecified atom stereocenters. The summed E-state index contributed by atoms with van der Waals surface area (Å²) in [4.78, 5) is 19.2. The summed E-state index contributed by atoms with van der Waals surface area (Å²) in [6.07, 6.45) is 0. The zero-order chi connectivity index (χ0) is 19.5. The molecule has 2 saturated heterocycles. The minimum atomic E-state index is 0.403. The Bertz CT molecular complexity index is 904. The first kappa shape index (κ1) is 18.7. The second kappa shape index (κ2) is 8.61. The molecule has 0 amide bonds. The summed E-state index contributed by atoms with van der Waals surface area (Å²) >= 11 is 2.80. The summed E-state index contributed by atoms with van der Waals surface area (Å²) in [5, 5.41) is 11.2. The SMILES string of the molecule is c1csc(-c2nnc(Sc3nc(N4CCOCC4)nc(N4CCOCC4)n3)o2)c1. The molecule has 12 heteroatoms. The van der Waals surface area contributed by atoms with Crippen LogP contribution in [0.1, 0.15) is 0 Å². The van der Waals surface area contributed by atoms with Gasteiger partial charge in [0.15, 0.2) is 0 Å². The van der Waals surface area contributed by atoms with E-state index in [0.29, 0.717) is 54.6 Å². The third-order valence-corrected chi connectivity index (χ3v) is 6.06. The summed E-state index contributed by atoms with van der Waals surface area (Å²) in [6.45, 7) is 5.65. The van der Waals surface area contributed by atoms with E-state index in [0.717, 1.165) is 31.1 Å². The van der Waals surface area contributed by atoms with E-state index in [1.165, 1.54) is 11.8 Å². The molecule has 3 aromatic rings. The van der Waals surface area contributed by atoms with Crippen LogP contribution in [-0.2, 0) is 9.47 Å². The van der Waals surface area contributed by atoms with Gasteiger partial charge in [-0.15, -0.1) is 21.5 Å². The zero-order valence-corrected chi connectivity index (χ0v) is 17.2. The number of rotatable bonds is 5. The van der Waals surface area contributed by atoms with E-state index in [-0.39, 0.29) is 0 Å². The lowest BCUT2D eigenvalue weighted by atomic mass is 10.4. The van der Waals surface area contributed by atoms with Gasteiger partial charge in [0.05, 0.1) is 31.3 Å². The zero-order valence-electron chi connectivity index (χ0n) is 15.6. The van der Waals surface area contributed by atoms with Crippen LogP contribution in [0.3, 0.4) is 0 Å². The number of ether oxygens (including phenoxy) is 2. The average molecular weight is 434 g/mol. The summed E-state index contributed by atoms with van der Waals surface area (Å²) in [5.41, 5.74) is 0. The summed E-state index contributed by atoms with van der Waals surface area (Å²) in [7, 11) is 0. The van der Waals surface area contributed by atoms with Crippen molar-refractivity contribution >= 4 is 35.0 Å². The van der Waals surface area contributed by atoms with Gasteiger partial charge in [-0.1, -0.05) is 6.07 Å². The minimum absolute atomic E-state index is 0.403. The summed E-state index contributed by atoms with van der Waals surface area (Å²) < 4.78 is 16.7. The van der Waals surface area contributed by atoms with Crippen molar-refractivity contribution in [2.75, 3.05) is 62.4 Å². The van der Waals surface area contributed by atoms with E-state index in [1.807, 2.05) is 17.5 Å². The van der Waals surface area contributed by atoms with Gasteiger partial charge in [-0.05, 0) is 11.4 Å². The van der Waals surface area contributed by atoms with Crippen molar-refractivity contribution in [2.45, 2.75) is 10.4 Å². The molecule has 2 aliphatic heterocycles. The van der Waals surface area contributed by atoms with Crippen molar-refractivity contribution in [3.63, 3.8) is 0 Å². The van der Waals surface area contributed by atoms with Gasteiger partial charge in [0.2, 0.25) is 17.1 Å². The number of hydrogen-bond acceptors (Lipinski definition) is 12. The maximum absolute atomic E-state index is 5.79. The largest absolute Gasteiger partial charge is 0.410 e. The molecule has 0 saturated carbocycles. The lowest BCUT2D eigenvalue weighted by molar-refractivity contribution is 0.121. The summed E-state index contributed by atoms with van der Waals surface area (Å²) in [6, 6.07) is 3.90. The molecule has 10 nitrogen and oxygen atoms in total. The second-order valence-electron chi connectivity index (χ2n) is 6.37. The smallest absolute Gasteiger partial charge is 0.284 e. The van der Waals surface area contributed by atoms with Crippen molar-refractivity contribution in [2.24, 2.45) is 0 Å². The fourth-order valence-corrected chi connectivity index (χ4v) is 4.28. The number of aromatic nitrogens is 5. The van der Waals surface area contributed by atoms with Gasteiger partial charge in [0.1, 0.15) is 0 Å². The van der Waals surface area contributed by atoms with Gasteiger partial charge in [0.25, 0.3) is 11.1 Å². The van der Waals surface area contributed by atoms with E-state index in [2.05, 4.69) is 30.0 Å². The maximum Gasteiger partial charge on any atom is 0.284 e. The van der Waals surface area contributed by atoms with Gasteiger partial charge in [-0.3, -0.25) is 0 Å². The van der Waals surface area contributed by atoms with Crippen LogP contribution in [0.4, 0.5) is 11.9 Å². The molecule has 5 rings (SSSR count). The number of morpholine rings is 2. The van der Waals surface area contributed by atoms with Crippen LogP contribution in [0.25, 0.3) is 10.8 Å². The molecule has 0 aliphatic carbocycles. The number of thiophene rings is 1. The molecule has 0 spiro atoms. The Balaban J connectivity index is 1.42. The van der Waals surface area contributed by atoms with E-state index < -0.39 is 0 Å². The van der Waals surface area contributed by atoms with Crippen LogP contribution in [0.15, 0.2) is 32.3 Å². The summed E-state index contributed by atoms with van der Waals surface area (Å²) in [5.74, 6) is 1.79. The highest BCUT2D eigenvalue weighted by Crippen LogP contribution is 2.30. The van der Waals surface area contributed by atoms with Crippen LogP contribution in [-0.4, -0.2) is 77.8 Å². The number of nitrogens with zero attached hydrogens (tertiary/aromatic N) is 7. The molecular formula is C17H19N7O3S2. The highest BCUT2D eigenvalue weighted by molar-refractivity contribution is 7.98. The van der Waals surface area contributed by atoms with Crippen LogP contribution in [0.5, 0.6) is 0 Å². The predicted molar refractivity (Wildman–Crippen MR) is 108 cm³/mol. The van der Waals surface area contributed by atoms with Gasteiger partial charge < -0.3 is 23.7 Å². The third kappa shape index (κ3) is 4.34. The Hall–Kier alpha value is -2.28. The van der Waals surface area contributed by atoms with Crippen LogP contribution in [0, 0.1) is 0 Å². The molecule has 0 N–H and O–H groups in total. The van der Waals surface area contributed by atoms with E-state index >= 15 is 0 Å². The first-order valence-electron chi connectivity index (χ1n) is 9.32. The molecule has 5 heterocycles. The van der Waals surface area contributed by atoms with Gasteiger partial charge in [-0.2, -0.15) is 15.0 Å². The number of anilines is 2. The second-order valence-corrected chi connectivity index (χ2v) is 8.24. The lowest BCUT2D eigenvalue weighted by Crippen LogP contribution is -2.40. The fourth-order valence-electron chi connectivity index (χ4n) is 3.02. The normalized spacial score (nSPS) is 17.7. The number of hydrogen-bond donors (Lipinski definition) is 0. The monoisotopic (exact) mass is 433 g/mol. The van der Waals surface area contributed by atoms with Gasteiger partial charge in [0, 0.05) is 37.9 Å². The maximum atomic E-state index is 5.79. The third-order valence-electron chi connectivity index (χ3n) is 4.50. The van der Waals surface area contributed by atoms with Crippen molar-refractivity contribution < 1.29 is 13.9 Å². The van der Waals surface area contributed by atoms with Crippen molar-refractivity contribution in [1.29, 1.82) is 0 Å². The highest BCUT2D eigenvalue weighted by Gasteiger charge is 2.22. The molecular weight excluding hydrogens is 414 g/mol. The van der Waals surface area contributed by atoms with Crippen molar-refractivity contribution in [3.8, 4) is 10.8 Å². The van der Waals surface area contributed by atoms with Crippen molar-refractivity contribution in [3.05, 3.63) is 17.5 Å². The lowest BCUT2D eigenvalue weighted by Gasteiger charge is -2.30. The molecule has 0 atom stereocenters. The first-order chi connectivity index (χ1) is 14.3. The fraction of sp³-hybridized carbons (Fsp3) is 0.471. The molecule has 2 fully saturated rings. The molecule has 0 aromatic carbocycles. The Labute approximate surface area is 175 Å². The molecule has 0 radical (unpaired) electrons. The predicted octanol–water partition coefficient (Wildman–Crippen LogP) is 1.81. The Kier molecular flexibility index (Phi) is 5.56. The Morgan fingerprint density at radius 1 is 0.862 bits per heavy atom. The minimum Gasteiger partial charge on any atom is -0.410 e. The van der Waals surface area contributed by atoms with Gasteiger partial charge >= 0.3 is 0 Å². The Morgan fingerprint density at radius 2 is 1.52 bits per heavy atom. The van der Waals surface area contributed by atoms with Crippen LogP contribution >= 0.6 is 23.1 Å². The highest BCUT2D eigenvalue weighted by atomic mass is 32.2. The topological polar surface area (TPSA) is 103 Å². The first-order valence-corrected chi connectivity index (χ1v) is 11.0. The van der Waals surface area contributed by atoms with E-state index in [1.54, 1.807) is 11.3 Å². The Morgan fingerprint density at radius 3 is 2.10 bits per heavy atom. The van der Waals surface area contributed by atoms with E-state index in [4.69, 9.17) is 18.9 Å². The molecule has 0 bridgehead atoms. The van der Waals surface area contributed by atoms with Crippen LogP contribution < -0.4 is 9.80 Å². The van der Waals surface area contributed by atoms with E-state index in [9.17, 15) is 0 Å². The average Bonchev–Trinajstić information content (AvgIpc) is 3.47. The standard InChI is InChI=1S/C17H19N7O3S2/c1-2-12(28-11-1)13-21-22-17(27-13)29-16-19-14(23-3-7-25-8-4-23)18-15(20-16)24-5-9-26-10-6-24/h1-2,11H,3-10H2. The molecule has 29 heavy (non-hydrogen) atoms. The van der Waals surface area contributed by atoms with Crippen LogP contribution in [0.2, 0.25) is 0 Å². The molecule has 152 valence electrons. The molecule has 3 aromatic heterocycles. The quantitative estimate of drug-likeness (QED) is 0.588. The van der Waals surface area contributed by atoms with Crippen molar-refractivity contribution in [1.82, 2.24) is 25.1 Å².